The molecule has 0 atom stereocenters. The van der Waals surface area contributed by atoms with Gasteiger partial charge in [0.05, 0.1) is 22.2 Å². The summed E-state index contributed by atoms with van der Waals surface area (Å²) in [5.74, 6) is -0.512. The zero-order valence-corrected chi connectivity index (χ0v) is 20.3. The standard InChI is InChI=1S/C26H17ClF2N4O2S/c1-14-10-18(17-4-2-3-5-22(17)35-25(28)29)19(12-30-14)24(34)33-26-32-21-13-31-20(11-23(21)36-26)15-6-8-16(27)9-7-15/h2-13,25H,1H3,(H,32,33,34). The Balaban J connectivity index is 1.46. The number of ether oxygens (including phenoxy) is 1. The van der Waals surface area contributed by atoms with Crippen LogP contribution in [-0.4, -0.2) is 27.5 Å². The van der Waals surface area contributed by atoms with Gasteiger partial charge in [0, 0.05) is 33.6 Å². The molecule has 2 aromatic carbocycles. The summed E-state index contributed by atoms with van der Waals surface area (Å²) < 4.78 is 31.4. The van der Waals surface area contributed by atoms with E-state index in [-0.39, 0.29) is 11.3 Å². The Bertz CT molecular complexity index is 1570. The molecule has 3 heterocycles. The molecular formula is C26H17ClF2N4O2S. The number of halogens is 3. The first-order valence-electron chi connectivity index (χ1n) is 10.7. The van der Waals surface area contributed by atoms with E-state index in [2.05, 4.69) is 25.0 Å². The predicted molar refractivity (Wildman–Crippen MR) is 137 cm³/mol. The van der Waals surface area contributed by atoms with Crippen LogP contribution in [0.25, 0.3) is 32.6 Å². The first kappa shape index (κ1) is 23.8. The molecule has 0 spiro atoms. The highest BCUT2D eigenvalue weighted by atomic mass is 35.5. The second-order valence-electron chi connectivity index (χ2n) is 7.76. The molecular weight excluding hydrogens is 506 g/mol. The third-order valence-electron chi connectivity index (χ3n) is 5.31. The number of rotatable bonds is 6. The molecule has 5 rings (SSSR count). The van der Waals surface area contributed by atoms with Gasteiger partial charge in [0.2, 0.25) is 0 Å². The zero-order valence-electron chi connectivity index (χ0n) is 18.7. The van der Waals surface area contributed by atoms with Gasteiger partial charge in [-0.2, -0.15) is 8.78 Å². The molecule has 0 aliphatic rings. The van der Waals surface area contributed by atoms with Crippen molar-refractivity contribution in [3.05, 3.63) is 89.3 Å². The number of amides is 1. The van der Waals surface area contributed by atoms with E-state index in [1.807, 2.05) is 18.2 Å². The van der Waals surface area contributed by atoms with Crippen LogP contribution < -0.4 is 10.1 Å². The number of carbonyl (C=O) groups excluding carboxylic acids is 1. The fraction of sp³-hybridized carbons (Fsp3) is 0.0769. The van der Waals surface area contributed by atoms with E-state index in [0.717, 1.165) is 16.0 Å². The minimum atomic E-state index is -3.00. The molecule has 0 bridgehead atoms. The number of carbonyl (C=O) groups is 1. The summed E-state index contributed by atoms with van der Waals surface area (Å²) in [7, 11) is 0. The Morgan fingerprint density at radius 3 is 2.58 bits per heavy atom. The number of thiazole rings is 1. The van der Waals surface area contributed by atoms with Crippen molar-refractivity contribution >= 4 is 44.2 Å². The van der Waals surface area contributed by atoms with Gasteiger partial charge in [0.25, 0.3) is 5.91 Å². The summed E-state index contributed by atoms with van der Waals surface area (Å²) in [5.41, 5.74) is 3.88. The van der Waals surface area contributed by atoms with Gasteiger partial charge in [-0.15, -0.1) is 0 Å². The molecule has 1 amide bonds. The van der Waals surface area contributed by atoms with Gasteiger partial charge in [-0.25, -0.2) is 4.98 Å². The topological polar surface area (TPSA) is 77.0 Å². The normalized spacial score (nSPS) is 11.1. The summed E-state index contributed by atoms with van der Waals surface area (Å²) in [5, 5.41) is 3.80. The molecule has 36 heavy (non-hydrogen) atoms. The molecule has 0 aliphatic heterocycles. The SMILES string of the molecule is Cc1cc(-c2ccccc2OC(F)F)c(C(=O)Nc2nc3cnc(-c4ccc(Cl)cc4)cc3s2)cn1. The van der Waals surface area contributed by atoms with Crippen LogP contribution in [-0.2, 0) is 0 Å². The Morgan fingerprint density at radius 1 is 1.03 bits per heavy atom. The maximum atomic E-state index is 13.2. The molecule has 1 N–H and O–H groups in total. The maximum absolute atomic E-state index is 13.2. The van der Waals surface area contributed by atoms with Crippen molar-refractivity contribution in [3.8, 4) is 28.1 Å². The number of aromatic nitrogens is 3. The van der Waals surface area contributed by atoms with Crippen molar-refractivity contribution in [3.63, 3.8) is 0 Å². The number of hydrogen-bond donors (Lipinski definition) is 1. The first-order chi connectivity index (χ1) is 17.4. The second-order valence-corrected chi connectivity index (χ2v) is 9.23. The Labute approximate surface area is 213 Å². The van der Waals surface area contributed by atoms with Gasteiger partial charge in [-0.05, 0) is 37.3 Å². The number of aryl methyl sites for hydroxylation is 1. The van der Waals surface area contributed by atoms with E-state index in [0.29, 0.717) is 32.5 Å². The predicted octanol–water partition coefficient (Wildman–Crippen LogP) is 7.24. The van der Waals surface area contributed by atoms with E-state index in [4.69, 9.17) is 11.6 Å². The van der Waals surface area contributed by atoms with Gasteiger partial charge in [-0.3, -0.25) is 20.1 Å². The first-order valence-corrected chi connectivity index (χ1v) is 11.9. The van der Waals surface area contributed by atoms with Crippen LogP contribution in [0.2, 0.25) is 5.02 Å². The minimum Gasteiger partial charge on any atom is -0.434 e. The molecule has 0 unspecified atom stereocenters. The van der Waals surface area contributed by atoms with E-state index < -0.39 is 12.5 Å². The number of para-hydroxylation sites is 1. The van der Waals surface area contributed by atoms with Crippen molar-refractivity contribution in [1.82, 2.24) is 15.0 Å². The molecule has 0 saturated carbocycles. The van der Waals surface area contributed by atoms with E-state index >= 15 is 0 Å². The summed E-state index contributed by atoms with van der Waals surface area (Å²) in [6.45, 7) is -1.25. The van der Waals surface area contributed by atoms with Crippen molar-refractivity contribution in [2.75, 3.05) is 5.32 Å². The maximum Gasteiger partial charge on any atom is 0.387 e. The highest BCUT2D eigenvalue weighted by molar-refractivity contribution is 7.22. The fourth-order valence-corrected chi connectivity index (χ4v) is 4.68. The van der Waals surface area contributed by atoms with E-state index in [1.54, 1.807) is 49.5 Å². The van der Waals surface area contributed by atoms with Crippen LogP contribution in [0.1, 0.15) is 16.1 Å². The summed E-state index contributed by atoms with van der Waals surface area (Å²) in [4.78, 5) is 26.4. The lowest BCUT2D eigenvalue weighted by Gasteiger charge is -2.14. The Morgan fingerprint density at radius 2 is 1.81 bits per heavy atom. The number of hydrogen-bond acceptors (Lipinski definition) is 6. The number of nitrogens with zero attached hydrogens (tertiary/aromatic N) is 3. The van der Waals surface area contributed by atoms with Crippen molar-refractivity contribution in [2.45, 2.75) is 13.5 Å². The summed E-state index contributed by atoms with van der Waals surface area (Å²) in [6.07, 6.45) is 3.05. The summed E-state index contributed by atoms with van der Waals surface area (Å²) >= 11 is 7.27. The molecule has 3 aromatic heterocycles. The van der Waals surface area contributed by atoms with Gasteiger partial charge in [-0.1, -0.05) is 53.3 Å². The second kappa shape index (κ2) is 9.96. The third kappa shape index (κ3) is 5.02. The molecule has 0 saturated heterocycles. The zero-order chi connectivity index (χ0) is 25.2. The number of fused-ring (bicyclic) bond motifs is 1. The Hall–Kier alpha value is -3.95. The van der Waals surface area contributed by atoms with Crippen molar-refractivity contribution in [2.24, 2.45) is 0 Å². The minimum absolute atomic E-state index is 0.0343. The molecule has 0 aliphatic carbocycles. The highest BCUT2D eigenvalue weighted by Gasteiger charge is 2.20. The van der Waals surface area contributed by atoms with E-state index in [1.165, 1.54) is 23.6 Å². The van der Waals surface area contributed by atoms with Gasteiger partial charge >= 0.3 is 6.61 Å². The number of alkyl halides is 2. The smallest absolute Gasteiger partial charge is 0.387 e. The fourth-order valence-electron chi connectivity index (χ4n) is 3.68. The molecule has 6 nitrogen and oxygen atoms in total. The lowest BCUT2D eigenvalue weighted by Crippen LogP contribution is -2.14. The van der Waals surface area contributed by atoms with Gasteiger partial charge in [0.1, 0.15) is 11.3 Å². The number of benzene rings is 2. The highest BCUT2D eigenvalue weighted by Crippen LogP contribution is 2.35. The Kier molecular flexibility index (Phi) is 6.58. The molecule has 5 aromatic rings. The number of pyridine rings is 2. The molecule has 180 valence electrons. The average Bonchev–Trinajstić information content (AvgIpc) is 3.26. The van der Waals surface area contributed by atoms with Crippen LogP contribution in [0.5, 0.6) is 5.75 Å². The van der Waals surface area contributed by atoms with Crippen LogP contribution in [0.15, 0.2) is 73.1 Å². The monoisotopic (exact) mass is 522 g/mol. The molecule has 0 radical (unpaired) electrons. The third-order valence-corrected chi connectivity index (χ3v) is 6.50. The average molecular weight is 523 g/mol. The number of anilines is 1. The van der Waals surface area contributed by atoms with Gasteiger partial charge < -0.3 is 4.74 Å². The number of nitrogens with one attached hydrogen (secondary N) is 1. The quantitative estimate of drug-likeness (QED) is 0.254. The molecule has 0 fully saturated rings. The lowest BCUT2D eigenvalue weighted by molar-refractivity contribution is -0.0494. The largest absolute Gasteiger partial charge is 0.434 e. The summed E-state index contributed by atoms with van der Waals surface area (Å²) in [6, 6.07) is 17.2. The van der Waals surface area contributed by atoms with Crippen molar-refractivity contribution < 1.29 is 18.3 Å². The van der Waals surface area contributed by atoms with Crippen LogP contribution in [0, 0.1) is 6.92 Å². The molecule has 10 heteroatoms. The van der Waals surface area contributed by atoms with Crippen LogP contribution in [0.3, 0.4) is 0 Å². The van der Waals surface area contributed by atoms with Crippen LogP contribution in [0.4, 0.5) is 13.9 Å². The van der Waals surface area contributed by atoms with Crippen molar-refractivity contribution in [1.29, 1.82) is 0 Å². The van der Waals surface area contributed by atoms with E-state index in [9.17, 15) is 13.6 Å². The lowest BCUT2D eigenvalue weighted by atomic mass is 9.99. The van der Waals surface area contributed by atoms with Gasteiger partial charge in [0.15, 0.2) is 5.13 Å². The van der Waals surface area contributed by atoms with Crippen LogP contribution >= 0.6 is 22.9 Å².